The molecule has 5 aliphatic carbocycles. The SMILES string of the molecule is Cc1cc(Nc2cc(C3CC3)[nH]n2)nc(Sc2ccc3c(=O)[nH][nH]c3c2)n1.Cc1cnc(Sc2ccc3c(=O)[nH][nH]c3c2)nc1Nc1cc(C2CC2)[nH]n1.Cc1nc(Sc2ccc3c(=O)[nH][nH]c3c2)nc(Nc2cc(C3CC3)[nH]n2)c1C.O=c1[nH][nH]c2cc(Sc3nc(Nc4cc(C5CC5)[nH]n4)cc(-c4ccccc4)n3)ccc12.O=c1[nH][nH]c2cc(Sc3nc(Nc4cc(C5CC5)[nH]n4)cc(N4CCOCC4)n3)ccc12. The molecular formula is C99H94N36O6S5. The molecule has 1 aliphatic heterocycles. The standard InChI is InChI=1S/C23H19N7OS.C21H22N8O2S.C19H19N7OS.2C18H17N7OS/c31-22-16-9-8-15(10-19(16)28-30-22)32-23-24-17(13-4-2-1-3-5-13)11-20(26-23)25-21-12-18(27-29-21)14-6-7-14;30-20-14-4-3-13(9-16(14)26-28-20)32-21-23-17(11-19(24-21)29-5-7-31-8-6-29)22-18-10-15(25-27-18)12-1-2-12;1-9-10(2)20-19(28-12-5-6-13-15(7-12)24-26-18(13)27)22-17(9)21-16-8-14(23-25-16)11-3-4-11;1-9-8-19-18(27-11-4-5-12-14(6-11)23-25-17(12)26)21-16(9)20-15-7-13(22-24-15)10-2-3-10;1-9-6-15(20-16-8-13(22-24-16)10-2-3-10)21-18(19-9)27-11-4-5-12-14(7-11)23-25-17(12)26/h1-5,8-12,14H,6-7H2,(H2,28,30,31)(H2,24,25,26,27,29);3-4,9-12H,1-2,5-8H2,(H2,26,28,30)(H2,22,23,24,25,27);5-8,11H,3-4H2,1-2H3,(H2,24,26,27)(H2,20,21,22,23,25);2*4-8,10H,2-3H2,1H3,(H2,23,25,26)(H2,19,20,21,22,24). The smallest absolute Gasteiger partial charge is 0.271 e. The predicted molar refractivity (Wildman–Crippen MR) is 562 cm³/mol. The number of hydrogen-bond donors (Lipinski definition) is 20. The summed E-state index contributed by atoms with van der Waals surface area (Å²) in [4.78, 5) is 112. The average Bonchev–Trinajstić information content (AvgIpc) is 1.42. The van der Waals surface area contributed by atoms with Crippen LogP contribution in [0.3, 0.4) is 0 Å². The Bertz CT molecular complexity index is 8710. The number of hydrogen-bond acceptors (Lipinski definition) is 32. The Morgan fingerprint density at radius 2 is 0.651 bits per heavy atom. The quantitative estimate of drug-likeness (QED) is 0.0213. The number of nitrogens with zero attached hydrogens (tertiary/aromatic N) is 16. The number of aromatic amines is 15. The molecule has 6 aliphatic rings. The Kier molecular flexibility index (Phi) is 26.1. The molecule has 146 heavy (non-hydrogen) atoms. The molecule has 47 heteroatoms. The van der Waals surface area contributed by atoms with Crippen molar-refractivity contribution in [2.24, 2.45) is 0 Å². The van der Waals surface area contributed by atoms with Crippen molar-refractivity contribution in [2.75, 3.05) is 57.8 Å². The number of ether oxygens (including phenoxy) is 1. The third-order valence-electron chi connectivity index (χ3n) is 25.1. The van der Waals surface area contributed by atoms with Crippen LogP contribution in [0.25, 0.3) is 65.8 Å². The van der Waals surface area contributed by atoms with Gasteiger partial charge in [-0.05, 0) is 242 Å². The minimum Gasteiger partial charge on any atom is -0.378 e. The van der Waals surface area contributed by atoms with Crippen molar-refractivity contribution < 1.29 is 4.74 Å². The van der Waals surface area contributed by atoms with E-state index in [0.717, 1.165) is 151 Å². The van der Waals surface area contributed by atoms with Gasteiger partial charge < -0.3 is 36.2 Å². The Morgan fingerprint density at radius 3 is 1.04 bits per heavy atom. The van der Waals surface area contributed by atoms with Crippen LogP contribution in [0.1, 0.15) is 145 Å². The predicted octanol–water partition coefficient (Wildman–Crippen LogP) is 18.4. The van der Waals surface area contributed by atoms with E-state index in [1.54, 1.807) is 36.5 Å². The largest absolute Gasteiger partial charge is 0.378 e. The zero-order valence-electron chi connectivity index (χ0n) is 78.7. The Labute approximate surface area is 847 Å². The molecule has 736 valence electrons. The topological polar surface area (TPSA) is 588 Å². The van der Waals surface area contributed by atoms with Crippen LogP contribution < -0.4 is 59.3 Å². The van der Waals surface area contributed by atoms with Crippen LogP contribution in [-0.2, 0) is 4.74 Å². The third kappa shape index (κ3) is 22.3. The highest BCUT2D eigenvalue weighted by Crippen LogP contribution is 2.46. The lowest BCUT2D eigenvalue weighted by atomic mass is 10.1. The monoisotopic (exact) mass is 2040 g/mol. The van der Waals surface area contributed by atoms with Crippen molar-refractivity contribution in [3.05, 3.63) is 279 Å². The molecule has 0 bridgehead atoms. The van der Waals surface area contributed by atoms with Gasteiger partial charge in [0.05, 0.1) is 73.4 Å². The summed E-state index contributed by atoms with van der Waals surface area (Å²) in [6, 6.07) is 54.1. The zero-order valence-corrected chi connectivity index (χ0v) is 82.8. The second-order valence-corrected chi connectivity index (χ2v) is 41.4. The lowest BCUT2D eigenvalue weighted by Crippen LogP contribution is -2.36. The second kappa shape index (κ2) is 40.8. The van der Waals surface area contributed by atoms with Gasteiger partial charge in [-0.25, -0.2) is 49.8 Å². The second-order valence-electron chi connectivity index (χ2n) is 36.2. The van der Waals surface area contributed by atoms with E-state index in [0.29, 0.717) is 113 Å². The van der Waals surface area contributed by atoms with Gasteiger partial charge in [-0.1, -0.05) is 30.3 Å². The van der Waals surface area contributed by atoms with E-state index in [4.69, 9.17) is 24.7 Å². The van der Waals surface area contributed by atoms with Gasteiger partial charge in [-0.2, -0.15) is 25.5 Å². The number of rotatable bonds is 27. The lowest BCUT2D eigenvalue weighted by molar-refractivity contribution is 0.122. The molecule has 0 atom stereocenters. The number of anilines is 11. The molecule has 16 heterocycles. The molecule has 0 spiro atoms. The first kappa shape index (κ1) is 93.3. The summed E-state index contributed by atoms with van der Waals surface area (Å²) in [5.74, 6) is 11.3. The van der Waals surface area contributed by atoms with E-state index in [2.05, 4.69) is 175 Å². The highest BCUT2D eigenvalue weighted by molar-refractivity contribution is 8.00. The number of nitrogens with one attached hydrogen (secondary N) is 20. The van der Waals surface area contributed by atoms with Gasteiger partial charge in [0.25, 0.3) is 27.8 Å². The third-order valence-corrected chi connectivity index (χ3v) is 29.4. The maximum Gasteiger partial charge on any atom is 0.271 e. The van der Waals surface area contributed by atoms with Crippen LogP contribution in [0.5, 0.6) is 0 Å². The van der Waals surface area contributed by atoms with Crippen LogP contribution in [0.2, 0.25) is 0 Å². The fraction of sp³-hybridized carbons (Fsp3) is 0.232. The fourth-order valence-electron chi connectivity index (χ4n) is 16.4. The number of morpholine rings is 1. The molecule has 21 aromatic rings. The molecule has 0 radical (unpaired) electrons. The maximum atomic E-state index is 11.8. The summed E-state index contributed by atoms with van der Waals surface area (Å²) < 4.78 is 5.49. The highest BCUT2D eigenvalue weighted by Gasteiger charge is 2.31. The zero-order chi connectivity index (χ0) is 99.0. The number of benzene rings is 6. The number of fused-ring (bicyclic) bond motifs is 5. The molecule has 15 aromatic heterocycles. The van der Waals surface area contributed by atoms with E-state index >= 15 is 0 Å². The van der Waals surface area contributed by atoms with Gasteiger partial charge in [0.15, 0.2) is 54.9 Å². The van der Waals surface area contributed by atoms with Crippen LogP contribution in [0, 0.1) is 27.7 Å². The molecule has 5 saturated carbocycles. The van der Waals surface area contributed by atoms with Gasteiger partial charge in [-0.15, -0.1) is 0 Å². The van der Waals surface area contributed by atoms with E-state index < -0.39 is 0 Å². The van der Waals surface area contributed by atoms with Crippen molar-refractivity contribution in [1.29, 1.82) is 0 Å². The van der Waals surface area contributed by atoms with E-state index in [1.165, 1.54) is 146 Å². The van der Waals surface area contributed by atoms with Crippen molar-refractivity contribution >= 4 is 177 Å². The molecule has 6 fully saturated rings. The fourth-order valence-corrected chi connectivity index (χ4v) is 20.5. The summed E-state index contributed by atoms with van der Waals surface area (Å²) in [6.07, 6.45) is 14.0. The average molecular weight is 2040 g/mol. The van der Waals surface area contributed by atoms with Gasteiger partial charge in [0.2, 0.25) is 0 Å². The molecule has 0 unspecified atom stereocenters. The molecule has 1 saturated heterocycles. The van der Waals surface area contributed by atoms with Crippen molar-refractivity contribution in [3.8, 4) is 11.3 Å². The number of H-pyrrole nitrogens is 15. The first-order chi connectivity index (χ1) is 71.3. The van der Waals surface area contributed by atoms with Crippen LogP contribution in [-0.4, -0.2) is 178 Å². The summed E-state index contributed by atoms with van der Waals surface area (Å²) in [5.41, 5.74) is 14.6. The van der Waals surface area contributed by atoms with Crippen LogP contribution in [0.15, 0.2) is 250 Å². The summed E-state index contributed by atoms with van der Waals surface area (Å²) >= 11 is 7.23. The Morgan fingerprint density at radius 1 is 0.315 bits per heavy atom. The van der Waals surface area contributed by atoms with Gasteiger partial charge >= 0.3 is 0 Å². The summed E-state index contributed by atoms with van der Waals surface area (Å²) in [6.45, 7) is 10.8. The molecule has 20 N–H and O–H groups in total. The van der Waals surface area contributed by atoms with E-state index in [-0.39, 0.29) is 27.8 Å². The Balaban J connectivity index is 0.000000101. The van der Waals surface area contributed by atoms with E-state index in [1.807, 2.05) is 155 Å². The van der Waals surface area contributed by atoms with Crippen molar-refractivity contribution in [3.63, 3.8) is 0 Å². The first-order valence-electron chi connectivity index (χ1n) is 47.5. The van der Waals surface area contributed by atoms with Crippen molar-refractivity contribution in [2.45, 2.75) is 172 Å². The molecule has 42 nitrogen and oxygen atoms in total. The van der Waals surface area contributed by atoms with Crippen molar-refractivity contribution in [1.82, 2.24) is 152 Å². The van der Waals surface area contributed by atoms with Gasteiger partial charge in [0.1, 0.15) is 34.9 Å². The highest BCUT2D eigenvalue weighted by atomic mass is 32.2. The molecule has 27 rings (SSSR count). The van der Waals surface area contributed by atoms with Gasteiger partial charge in [0, 0.05) is 178 Å². The summed E-state index contributed by atoms with van der Waals surface area (Å²) in [5, 5.41) is 87.4. The minimum atomic E-state index is -0.130. The van der Waals surface area contributed by atoms with Crippen LogP contribution in [0.4, 0.5) is 64.0 Å². The minimum absolute atomic E-state index is 0.120. The lowest BCUT2D eigenvalue weighted by Gasteiger charge is -2.28. The molecule has 6 aromatic carbocycles. The van der Waals surface area contributed by atoms with E-state index in [9.17, 15) is 24.0 Å². The first-order valence-corrected chi connectivity index (χ1v) is 51.6. The summed E-state index contributed by atoms with van der Waals surface area (Å²) in [7, 11) is 0. The Hall–Kier alpha value is -16.4. The number of aryl methyl sites for hydroxylation is 3. The van der Waals surface area contributed by atoms with Gasteiger partial charge in [-0.3, -0.25) is 100 Å². The normalized spacial score (nSPS) is 14.4. The van der Waals surface area contributed by atoms with Crippen LogP contribution >= 0.6 is 58.8 Å². The molecular weight excluding hydrogens is 1950 g/mol. The number of aromatic nitrogens is 30. The molecule has 0 amide bonds. The maximum absolute atomic E-state index is 11.8.